The van der Waals surface area contributed by atoms with Gasteiger partial charge in [0.1, 0.15) is 6.61 Å². The van der Waals surface area contributed by atoms with Gasteiger partial charge in [0.2, 0.25) is 15.9 Å². The SMILES string of the molecule is Cc1ccc(S(=O)(=O)N2CC3(C[C@H](OCC(=O)N4CCCC4)CCO3)C2)cc1. The molecule has 7 nitrogen and oxygen atoms in total. The van der Waals surface area contributed by atoms with Crippen LogP contribution >= 0.6 is 0 Å². The molecular weight excluding hydrogens is 380 g/mol. The monoisotopic (exact) mass is 408 g/mol. The van der Waals surface area contributed by atoms with Crippen LogP contribution in [-0.2, 0) is 24.3 Å². The van der Waals surface area contributed by atoms with Crippen molar-refractivity contribution < 1.29 is 22.7 Å². The van der Waals surface area contributed by atoms with Crippen LogP contribution in [0.1, 0.15) is 31.2 Å². The second-order valence-electron chi connectivity index (χ2n) is 8.13. The molecule has 3 saturated heterocycles. The van der Waals surface area contributed by atoms with E-state index < -0.39 is 15.6 Å². The molecule has 0 radical (unpaired) electrons. The number of likely N-dealkylation sites (tertiary alicyclic amines) is 1. The van der Waals surface area contributed by atoms with Crippen molar-refractivity contribution in [1.29, 1.82) is 0 Å². The van der Waals surface area contributed by atoms with E-state index in [4.69, 9.17) is 9.47 Å². The van der Waals surface area contributed by atoms with E-state index >= 15 is 0 Å². The summed E-state index contributed by atoms with van der Waals surface area (Å²) >= 11 is 0. The van der Waals surface area contributed by atoms with Crippen molar-refractivity contribution in [2.24, 2.45) is 0 Å². The number of carbonyl (C=O) groups is 1. The van der Waals surface area contributed by atoms with Gasteiger partial charge in [-0.3, -0.25) is 4.79 Å². The van der Waals surface area contributed by atoms with Crippen LogP contribution in [0.5, 0.6) is 0 Å². The van der Waals surface area contributed by atoms with Gasteiger partial charge in [0, 0.05) is 39.2 Å². The summed E-state index contributed by atoms with van der Waals surface area (Å²) < 4.78 is 38.8. The van der Waals surface area contributed by atoms with Crippen LogP contribution in [0.15, 0.2) is 29.2 Å². The van der Waals surface area contributed by atoms with E-state index in [0.717, 1.165) is 37.9 Å². The standard InChI is InChI=1S/C20H28N2O5S/c1-16-4-6-18(7-5-16)28(24,25)22-14-20(15-22)12-17(8-11-27-20)26-13-19(23)21-9-2-3-10-21/h4-7,17H,2-3,8-15H2,1H3/t17-/m1/s1. The Labute approximate surface area is 166 Å². The fraction of sp³-hybridized carbons (Fsp3) is 0.650. The fourth-order valence-corrected chi connectivity index (χ4v) is 5.81. The first-order chi connectivity index (χ1) is 13.4. The minimum absolute atomic E-state index is 0.0511. The topological polar surface area (TPSA) is 76.2 Å². The molecule has 8 heteroatoms. The van der Waals surface area contributed by atoms with Crippen LogP contribution < -0.4 is 0 Å². The predicted octanol–water partition coefficient (Wildman–Crippen LogP) is 1.56. The fourth-order valence-electron chi connectivity index (χ4n) is 4.22. The number of nitrogens with zero attached hydrogens (tertiary/aromatic N) is 2. The summed E-state index contributed by atoms with van der Waals surface area (Å²) in [6.45, 7) is 4.89. The lowest BCUT2D eigenvalue weighted by Gasteiger charge is -2.52. The number of aryl methyl sites for hydroxylation is 1. The molecule has 154 valence electrons. The third-order valence-electron chi connectivity index (χ3n) is 5.94. The summed E-state index contributed by atoms with van der Waals surface area (Å²) in [5.74, 6) is 0.0511. The molecule has 1 atom stereocenters. The number of sulfonamides is 1. The van der Waals surface area contributed by atoms with Gasteiger partial charge < -0.3 is 14.4 Å². The van der Waals surface area contributed by atoms with E-state index in [1.54, 1.807) is 24.3 Å². The molecule has 4 rings (SSSR count). The molecule has 0 N–H and O–H groups in total. The lowest BCUT2D eigenvalue weighted by molar-refractivity contribution is -0.181. The molecule has 0 aromatic heterocycles. The van der Waals surface area contributed by atoms with E-state index in [1.807, 2.05) is 11.8 Å². The van der Waals surface area contributed by atoms with E-state index in [1.165, 1.54) is 4.31 Å². The molecule has 0 unspecified atom stereocenters. The Bertz CT molecular complexity index is 812. The normalized spacial score (nSPS) is 25.0. The van der Waals surface area contributed by atoms with Gasteiger partial charge in [0.15, 0.2) is 0 Å². The molecule has 1 spiro atoms. The van der Waals surface area contributed by atoms with Gasteiger partial charge in [-0.05, 0) is 38.3 Å². The Balaban J connectivity index is 1.31. The van der Waals surface area contributed by atoms with Gasteiger partial charge in [0.25, 0.3) is 0 Å². The largest absolute Gasteiger partial charge is 0.372 e. The maximum atomic E-state index is 12.8. The molecule has 3 aliphatic rings. The second kappa shape index (κ2) is 7.74. The first-order valence-corrected chi connectivity index (χ1v) is 11.4. The molecule has 3 aliphatic heterocycles. The average molecular weight is 409 g/mol. The lowest BCUT2D eigenvalue weighted by atomic mass is 9.86. The van der Waals surface area contributed by atoms with Crippen molar-refractivity contribution in [1.82, 2.24) is 9.21 Å². The van der Waals surface area contributed by atoms with Crippen LogP contribution in [0.4, 0.5) is 0 Å². The number of carbonyl (C=O) groups excluding carboxylic acids is 1. The van der Waals surface area contributed by atoms with Crippen LogP contribution in [-0.4, -0.2) is 74.6 Å². The van der Waals surface area contributed by atoms with Crippen molar-refractivity contribution in [2.75, 3.05) is 39.4 Å². The summed E-state index contributed by atoms with van der Waals surface area (Å²) in [6.07, 6.45) is 3.43. The minimum atomic E-state index is -3.50. The van der Waals surface area contributed by atoms with E-state index in [0.29, 0.717) is 31.0 Å². The van der Waals surface area contributed by atoms with Crippen LogP contribution in [0.3, 0.4) is 0 Å². The smallest absolute Gasteiger partial charge is 0.248 e. The van der Waals surface area contributed by atoms with E-state index in [9.17, 15) is 13.2 Å². The molecular formula is C20H28N2O5S. The number of hydrogen-bond donors (Lipinski definition) is 0. The molecule has 0 bridgehead atoms. The third-order valence-corrected chi connectivity index (χ3v) is 7.74. The van der Waals surface area contributed by atoms with Crippen LogP contribution in [0.2, 0.25) is 0 Å². The molecule has 0 saturated carbocycles. The Morgan fingerprint density at radius 1 is 1.21 bits per heavy atom. The number of rotatable bonds is 5. The van der Waals surface area contributed by atoms with Crippen molar-refractivity contribution in [3.05, 3.63) is 29.8 Å². The highest BCUT2D eigenvalue weighted by atomic mass is 32.2. The van der Waals surface area contributed by atoms with Crippen LogP contribution in [0, 0.1) is 6.92 Å². The van der Waals surface area contributed by atoms with Gasteiger partial charge in [-0.2, -0.15) is 4.31 Å². The van der Waals surface area contributed by atoms with Crippen molar-refractivity contribution >= 4 is 15.9 Å². The number of amides is 1. The van der Waals surface area contributed by atoms with Crippen molar-refractivity contribution in [2.45, 2.75) is 49.2 Å². The molecule has 3 heterocycles. The summed E-state index contributed by atoms with van der Waals surface area (Å²) in [4.78, 5) is 14.3. The summed E-state index contributed by atoms with van der Waals surface area (Å²) in [7, 11) is -3.50. The molecule has 1 aromatic carbocycles. The quantitative estimate of drug-likeness (QED) is 0.739. The zero-order valence-electron chi connectivity index (χ0n) is 16.3. The molecule has 0 aliphatic carbocycles. The molecule has 1 aromatic rings. The maximum absolute atomic E-state index is 12.8. The van der Waals surface area contributed by atoms with Gasteiger partial charge in [-0.15, -0.1) is 0 Å². The predicted molar refractivity (Wildman–Crippen MR) is 103 cm³/mol. The average Bonchev–Trinajstić information content (AvgIpc) is 3.19. The number of ether oxygens (including phenoxy) is 2. The van der Waals surface area contributed by atoms with Gasteiger partial charge in [-0.1, -0.05) is 17.7 Å². The maximum Gasteiger partial charge on any atom is 0.248 e. The van der Waals surface area contributed by atoms with Gasteiger partial charge in [-0.25, -0.2) is 8.42 Å². The highest BCUT2D eigenvalue weighted by Crippen LogP contribution is 2.38. The zero-order chi connectivity index (χ0) is 19.8. The summed E-state index contributed by atoms with van der Waals surface area (Å²) in [5, 5.41) is 0. The third kappa shape index (κ3) is 3.96. The summed E-state index contributed by atoms with van der Waals surface area (Å²) in [5.41, 5.74) is 0.537. The van der Waals surface area contributed by atoms with Crippen molar-refractivity contribution in [3.8, 4) is 0 Å². The van der Waals surface area contributed by atoms with E-state index in [-0.39, 0.29) is 18.6 Å². The lowest BCUT2D eigenvalue weighted by Crippen LogP contribution is -2.67. The Morgan fingerprint density at radius 2 is 1.89 bits per heavy atom. The minimum Gasteiger partial charge on any atom is -0.372 e. The van der Waals surface area contributed by atoms with E-state index in [2.05, 4.69) is 0 Å². The van der Waals surface area contributed by atoms with Crippen LogP contribution in [0.25, 0.3) is 0 Å². The molecule has 3 fully saturated rings. The highest BCUT2D eigenvalue weighted by molar-refractivity contribution is 7.89. The first kappa shape index (κ1) is 19.8. The highest BCUT2D eigenvalue weighted by Gasteiger charge is 2.52. The Kier molecular flexibility index (Phi) is 5.48. The molecule has 28 heavy (non-hydrogen) atoms. The number of benzene rings is 1. The Hall–Kier alpha value is -1.48. The van der Waals surface area contributed by atoms with Gasteiger partial charge >= 0.3 is 0 Å². The second-order valence-corrected chi connectivity index (χ2v) is 10.1. The Morgan fingerprint density at radius 3 is 2.57 bits per heavy atom. The number of hydrogen-bond acceptors (Lipinski definition) is 5. The first-order valence-electron chi connectivity index (χ1n) is 9.98. The van der Waals surface area contributed by atoms with Crippen molar-refractivity contribution in [3.63, 3.8) is 0 Å². The van der Waals surface area contributed by atoms with Gasteiger partial charge in [0.05, 0.1) is 16.6 Å². The summed E-state index contributed by atoms with van der Waals surface area (Å²) in [6, 6.07) is 6.90. The zero-order valence-corrected chi connectivity index (χ0v) is 17.1. The molecule has 1 amide bonds.